The van der Waals surface area contributed by atoms with E-state index in [2.05, 4.69) is 39.0 Å². The van der Waals surface area contributed by atoms with Crippen LogP contribution < -0.4 is 0 Å². The summed E-state index contributed by atoms with van der Waals surface area (Å²) >= 11 is 0. The molecular weight excluding hydrogens is 272 g/mol. The van der Waals surface area contributed by atoms with Crippen LogP contribution in [0.15, 0.2) is 6.07 Å². The van der Waals surface area contributed by atoms with E-state index in [4.69, 9.17) is 9.16 Å². The quantitative estimate of drug-likeness (QED) is 0.619. The molecule has 0 radical (unpaired) electrons. The van der Waals surface area contributed by atoms with Crippen molar-refractivity contribution >= 4 is 14.3 Å². The molecule has 0 unspecified atom stereocenters. The van der Waals surface area contributed by atoms with E-state index in [0.717, 1.165) is 5.69 Å². The fourth-order valence-corrected chi connectivity index (χ4v) is 2.41. The highest BCUT2D eigenvalue weighted by Gasteiger charge is 2.37. The maximum atomic E-state index is 11.7. The van der Waals surface area contributed by atoms with Gasteiger partial charge >= 0.3 is 5.97 Å². The predicted octanol–water partition coefficient (Wildman–Crippen LogP) is 3.12. The second-order valence-electron chi connectivity index (χ2n) is 6.41. The molecule has 0 bridgehead atoms. The molecule has 0 saturated carbocycles. The number of hydrogen-bond acceptors (Lipinski definition) is 4. The van der Waals surface area contributed by atoms with Gasteiger partial charge in [-0.3, -0.25) is 4.68 Å². The molecule has 0 saturated heterocycles. The van der Waals surface area contributed by atoms with Crippen molar-refractivity contribution < 1.29 is 14.0 Å². The molecule has 0 aliphatic rings. The fourth-order valence-electron chi connectivity index (χ4n) is 1.46. The molecule has 1 aromatic heterocycles. The zero-order valence-electron chi connectivity index (χ0n) is 13.6. The van der Waals surface area contributed by atoms with Crippen molar-refractivity contribution in [3.05, 3.63) is 17.5 Å². The Balaban J connectivity index is 2.76. The molecule has 20 heavy (non-hydrogen) atoms. The summed E-state index contributed by atoms with van der Waals surface area (Å²) in [6.45, 7) is 13.6. The molecule has 0 spiro atoms. The number of aryl methyl sites for hydroxylation is 1. The summed E-state index contributed by atoms with van der Waals surface area (Å²) in [7, 11) is -0.0655. The molecule has 0 aliphatic carbocycles. The Morgan fingerprint density at radius 3 is 2.50 bits per heavy atom. The van der Waals surface area contributed by atoms with Crippen LogP contribution in [0.2, 0.25) is 18.1 Å². The van der Waals surface area contributed by atoms with Gasteiger partial charge in [0, 0.05) is 7.05 Å². The van der Waals surface area contributed by atoms with E-state index < -0.39 is 8.32 Å². The lowest BCUT2D eigenvalue weighted by Crippen LogP contribution is -2.40. The van der Waals surface area contributed by atoms with Crippen LogP contribution in [-0.4, -0.2) is 30.7 Å². The number of carbonyl (C=O) groups is 1. The van der Waals surface area contributed by atoms with E-state index in [1.54, 1.807) is 24.7 Å². The number of hydrogen-bond donors (Lipinski definition) is 0. The molecule has 0 atom stereocenters. The topological polar surface area (TPSA) is 53.4 Å². The van der Waals surface area contributed by atoms with E-state index in [9.17, 15) is 4.79 Å². The van der Waals surface area contributed by atoms with Crippen LogP contribution in [0, 0.1) is 0 Å². The van der Waals surface area contributed by atoms with Crippen molar-refractivity contribution in [2.45, 2.75) is 52.4 Å². The Labute approximate surface area is 122 Å². The maximum Gasteiger partial charge on any atom is 0.356 e. The van der Waals surface area contributed by atoms with Gasteiger partial charge < -0.3 is 9.16 Å². The summed E-state index contributed by atoms with van der Waals surface area (Å²) in [6.07, 6.45) is 0. The lowest BCUT2D eigenvalue weighted by atomic mass is 10.2. The first-order valence-electron chi connectivity index (χ1n) is 6.92. The van der Waals surface area contributed by atoms with Gasteiger partial charge in [-0.2, -0.15) is 5.10 Å². The molecule has 0 aromatic carbocycles. The number of ether oxygens (including phenoxy) is 1. The van der Waals surface area contributed by atoms with Gasteiger partial charge in [0.25, 0.3) is 0 Å². The number of carbonyl (C=O) groups excluding carboxylic acids is 1. The first kappa shape index (κ1) is 16.9. The van der Waals surface area contributed by atoms with Crippen molar-refractivity contribution in [1.82, 2.24) is 9.78 Å². The molecule has 0 N–H and O–H groups in total. The first-order valence-corrected chi connectivity index (χ1v) is 9.83. The van der Waals surface area contributed by atoms with Crippen molar-refractivity contribution in [2.75, 3.05) is 6.61 Å². The van der Waals surface area contributed by atoms with E-state index in [1.807, 2.05) is 0 Å². The number of aromatic nitrogens is 2. The van der Waals surface area contributed by atoms with Gasteiger partial charge in [-0.1, -0.05) is 20.8 Å². The average Bonchev–Trinajstić information content (AvgIpc) is 2.67. The van der Waals surface area contributed by atoms with Crippen molar-refractivity contribution in [1.29, 1.82) is 0 Å². The van der Waals surface area contributed by atoms with Gasteiger partial charge in [-0.15, -0.1) is 0 Å². The Morgan fingerprint density at radius 2 is 2.00 bits per heavy atom. The predicted molar refractivity (Wildman–Crippen MR) is 81.2 cm³/mol. The highest BCUT2D eigenvalue weighted by atomic mass is 28.4. The SMILES string of the molecule is CCOC(=O)c1cc(CO[Si](C)(C)C(C)(C)C)nn1C. The lowest BCUT2D eigenvalue weighted by Gasteiger charge is -2.35. The van der Waals surface area contributed by atoms with Crippen LogP contribution >= 0.6 is 0 Å². The van der Waals surface area contributed by atoms with E-state index in [-0.39, 0.29) is 11.0 Å². The molecule has 5 nitrogen and oxygen atoms in total. The largest absolute Gasteiger partial charge is 0.461 e. The Hall–Kier alpha value is -1.14. The molecule has 6 heteroatoms. The summed E-state index contributed by atoms with van der Waals surface area (Å²) in [4.78, 5) is 11.7. The summed E-state index contributed by atoms with van der Waals surface area (Å²) in [5.41, 5.74) is 1.22. The van der Waals surface area contributed by atoms with Crippen LogP contribution in [0.3, 0.4) is 0 Å². The minimum atomic E-state index is -1.80. The minimum absolute atomic E-state index is 0.158. The van der Waals surface area contributed by atoms with Crippen LogP contribution in [-0.2, 0) is 22.8 Å². The summed E-state index contributed by atoms with van der Waals surface area (Å²) in [6, 6.07) is 1.74. The smallest absolute Gasteiger partial charge is 0.356 e. The van der Waals surface area contributed by atoms with Gasteiger partial charge in [0.15, 0.2) is 8.32 Å². The third kappa shape index (κ3) is 3.93. The third-order valence-corrected chi connectivity index (χ3v) is 8.28. The summed E-state index contributed by atoms with van der Waals surface area (Å²) in [5, 5.41) is 4.47. The Bertz CT molecular complexity index is 475. The normalized spacial score (nSPS) is 12.6. The molecule has 0 fully saturated rings. The summed E-state index contributed by atoms with van der Waals surface area (Å²) in [5.74, 6) is -0.346. The van der Waals surface area contributed by atoms with Gasteiger partial charge in [0.1, 0.15) is 5.69 Å². The van der Waals surface area contributed by atoms with Gasteiger partial charge in [-0.05, 0) is 31.1 Å². The van der Waals surface area contributed by atoms with Gasteiger partial charge in [0.2, 0.25) is 0 Å². The molecular formula is C14H26N2O3Si. The average molecular weight is 298 g/mol. The van der Waals surface area contributed by atoms with Crippen molar-refractivity contribution in [3.8, 4) is 0 Å². The van der Waals surface area contributed by atoms with Crippen molar-refractivity contribution in [2.24, 2.45) is 7.05 Å². The monoisotopic (exact) mass is 298 g/mol. The number of rotatable bonds is 5. The lowest BCUT2D eigenvalue weighted by molar-refractivity contribution is 0.0513. The van der Waals surface area contributed by atoms with Crippen molar-refractivity contribution in [3.63, 3.8) is 0 Å². The molecule has 0 aliphatic heterocycles. The van der Waals surface area contributed by atoms with Crippen LogP contribution in [0.5, 0.6) is 0 Å². The van der Waals surface area contributed by atoms with E-state index in [1.165, 1.54) is 0 Å². The molecule has 114 valence electrons. The second-order valence-corrected chi connectivity index (χ2v) is 11.2. The van der Waals surface area contributed by atoms with Crippen LogP contribution in [0.1, 0.15) is 43.9 Å². The second kappa shape index (κ2) is 6.09. The zero-order chi connectivity index (χ0) is 15.6. The highest BCUT2D eigenvalue weighted by molar-refractivity contribution is 6.74. The van der Waals surface area contributed by atoms with Gasteiger partial charge in [0.05, 0.1) is 18.9 Å². The Kier molecular flexibility index (Phi) is 5.15. The van der Waals surface area contributed by atoms with E-state index >= 15 is 0 Å². The highest BCUT2D eigenvalue weighted by Crippen LogP contribution is 2.36. The van der Waals surface area contributed by atoms with Crippen LogP contribution in [0.25, 0.3) is 0 Å². The van der Waals surface area contributed by atoms with Gasteiger partial charge in [-0.25, -0.2) is 4.79 Å². The fraction of sp³-hybridized carbons (Fsp3) is 0.714. The van der Waals surface area contributed by atoms with Crippen LogP contribution in [0.4, 0.5) is 0 Å². The summed E-state index contributed by atoms with van der Waals surface area (Å²) < 4.78 is 12.6. The zero-order valence-corrected chi connectivity index (χ0v) is 14.6. The maximum absolute atomic E-state index is 11.7. The minimum Gasteiger partial charge on any atom is -0.461 e. The standard InChI is InChI=1S/C14H26N2O3Si/c1-8-18-13(17)12-9-11(15-16(12)5)10-19-20(6,7)14(2,3)4/h9H,8,10H2,1-7H3. The Morgan fingerprint density at radius 1 is 1.40 bits per heavy atom. The number of nitrogens with zero attached hydrogens (tertiary/aromatic N) is 2. The number of esters is 1. The van der Waals surface area contributed by atoms with E-state index in [0.29, 0.717) is 18.9 Å². The first-order chi connectivity index (χ1) is 9.08. The molecule has 1 rings (SSSR count). The molecule has 1 heterocycles. The molecule has 0 amide bonds. The third-order valence-electron chi connectivity index (χ3n) is 3.80. The molecule has 1 aromatic rings.